The van der Waals surface area contributed by atoms with Crippen molar-refractivity contribution in [2.24, 2.45) is 0 Å². The Morgan fingerprint density at radius 2 is 2.12 bits per heavy atom. The molecular weight excluding hydrogens is 328 g/mol. The molecule has 3 heterocycles. The normalized spacial score (nSPS) is 21.4. The van der Waals surface area contributed by atoms with Crippen LogP contribution in [0.3, 0.4) is 0 Å². The number of carbonyl (C=O) groups is 3. The zero-order valence-electron chi connectivity index (χ0n) is 13.9. The highest BCUT2D eigenvalue weighted by molar-refractivity contribution is 6.05. The highest BCUT2D eigenvalue weighted by Gasteiger charge is 2.39. The Balaban J connectivity index is 1.42. The minimum atomic E-state index is -0.828. The van der Waals surface area contributed by atoms with Crippen LogP contribution in [0.4, 0.5) is 4.79 Å². The zero-order chi connectivity index (χ0) is 17.6. The van der Waals surface area contributed by atoms with Gasteiger partial charge in [-0.15, -0.1) is 0 Å². The number of nitrogens with zero attached hydrogens (tertiary/aromatic N) is 2. The summed E-state index contributed by atoms with van der Waals surface area (Å²) in [7, 11) is 0. The number of furan rings is 1. The van der Waals surface area contributed by atoms with Gasteiger partial charge in [0.25, 0.3) is 5.91 Å². The van der Waals surface area contributed by atoms with Gasteiger partial charge in [0.05, 0.1) is 32.4 Å². The molecular formula is C16H22N4O5. The molecule has 1 aromatic rings. The molecule has 25 heavy (non-hydrogen) atoms. The number of amides is 4. The lowest BCUT2D eigenvalue weighted by atomic mass is 10.2. The van der Waals surface area contributed by atoms with E-state index in [0.29, 0.717) is 25.5 Å². The van der Waals surface area contributed by atoms with Crippen molar-refractivity contribution in [3.05, 3.63) is 24.2 Å². The number of carbonyl (C=O) groups excluding carboxylic acids is 3. The van der Waals surface area contributed by atoms with Crippen molar-refractivity contribution in [1.82, 2.24) is 20.4 Å². The predicted molar refractivity (Wildman–Crippen MR) is 86.5 cm³/mol. The molecule has 0 unspecified atom stereocenters. The number of rotatable bonds is 7. The van der Waals surface area contributed by atoms with Crippen molar-refractivity contribution >= 4 is 17.8 Å². The first-order valence-corrected chi connectivity index (χ1v) is 8.34. The van der Waals surface area contributed by atoms with Crippen LogP contribution in [0.15, 0.2) is 22.8 Å². The van der Waals surface area contributed by atoms with Gasteiger partial charge in [-0.3, -0.25) is 19.4 Å². The average molecular weight is 350 g/mol. The molecule has 0 bridgehead atoms. The summed E-state index contributed by atoms with van der Waals surface area (Å²) in [5.74, 6) is -0.157. The van der Waals surface area contributed by atoms with E-state index in [4.69, 9.17) is 9.15 Å². The van der Waals surface area contributed by atoms with Crippen molar-refractivity contribution in [2.75, 3.05) is 39.4 Å². The van der Waals surface area contributed by atoms with Gasteiger partial charge in [0, 0.05) is 26.2 Å². The van der Waals surface area contributed by atoms with E-state index in [1.807, 2.05) is 0 Å². The predicted octanol–water partition coefficient (Wildman–Crippen LogP) is -0.461. The van der Waals surface area contributed by atoms with Crippen LogP contribution in [-0.2, 0) is 20.9 Å². The van der Waals surface area contributed by atoms with Gasteiger partial charge in [-0.25, -0.2) is 4.79 Å². The lowest BCUT2D eigenvalue weighted by Gasteiger charge is -2.26. The van der Waals surface area contributed by atoms with Crippen molar-refractivity contribution < 1.29 is 23.5 Å². The van der Waals surface area contributed by atoms with Crippen molar-refractivity contribution in [1.29, 1.82) is 0 Å². The Morgan fingerprint density at radius 1 is 1.32 bits per heavy atom. The molecule has 9 heteroatoms. The average Bonchev–Trinajstić information content (AvgIpc) is 3.20. The first-order chi connectivity index (χ1) is 12.1. The summed E-state index contributed by atoms with van der Waals surface area (Å²) in [6.45, 7) is 4.44. The fourth-order valence-electron chi connectivity index (χ4n) is 2.86. The maximum atomic E-state index is 12.3. The minimum Gasteiger partial charge on any atom is -0.467 e. The Morgan fingerprint density at radius 3 is 2.84 bits per heavy atom. The molecule has 2 aliphatic heterocycles. The van der Waals surface area contributed by atoms with E-state index >= 15 is 0 Å². The summed E-state index contributed by atoms with van der Waals surface area (Å²) < 4.78 is 10.4. The Labute approximate surface area is 145 Å². The molecule has 136 valence electrons. The van der Waals surface area contributed by atoms with Gasteiger partial charge in [0.2, 0.25) is 5.91 Å². The third-order valence-electron chi connectivity index (χ3n) is 4.24. The highest BCUT2D eigenvalue weighted by atomic mass is 16.5. The number of hydrogen-bond donors (Lipinski definition) is 2. The number of ether oxygens (including phenoxy) is 1. The fraction of sp³-hybridized carbons (Fsp3) is 0.562. The Hall–Kier alpha value is -2.39. The molecule has 2 aliphatic rings. The zero-order valence-corrected chi connectivity index (χ0v) is 13.9. The molecule has 9 nitrogen and oxygen atoms in total. The molecule has 2 N–H and O–H groups in total. The lowest BCUT2D eigenvalue weighted by Crippen LogP contribution is -2.42. The van der Waals surface area contributed by atoms with E-state index in [0.717, 1.165) is 24.5 Å². The first-order valence-electron chi connectivity index (χ1n) is 8.34. The largest absolute Gasteiger partial charge is 0.467 e. The summed E-state index contributed by atoms with van der Waals surface area (Å²) >= 11 is 0. The summed E-state index contributed by atoms with van der Waals surface area (Å²) in [6.07, 6.45) is 1.41. The maximum Gasteiger partial charge on any atom is 0.325 e. The maximum absolute atomic E-state index is 12.3. The molecule has 0 radical (unpaired) electrons. The number of hydrogen-bond acceptors (Lipinski definition) is 6. The molecule has 0 aromatic carbocycles. The van der Waals surface area contributed by atoms with Gasteiger partial charge in [-0.05, 0) is 12.1 Å². The van der Waals surface area contributed by atoms with Crippen LogP contribution < -0.4 is 10.6 Å². The highest BCUT2D eigenvalue weighted by Crippen LogP contribution is 2.14. The number of urea groups is 1. The van der Waals surface area contributed by atoms with Gasteiger partial charge in [0.1, 0.15) is 11.8 Å². The monoisotopic (exact) mass is 350 g/mol. The molecule has 4 amide bonds. The number of nitrogens with one attached hydrogen (secondary N) is 2. The van der Waals surface area contributed by atoms with E-state index in [-0.39, 0.29) is 18.9 Å². The summed E-state index contributed by atoms with van der Waals surface area (Å²) in [5, 5.41) is 5.34. The second-order valence-electron chi connectivity index (χ2n) is 6.01. The SMILES string of the molecule is O=C(C[C@@H]1NC(=O)N(Cc2ccco2)C1=O)NCCN1CCOCC1. The molecule has 0 saturated carbocycles. The quantitative estimate of drug-likeness (QED) is 0.645. The van der Waals surface area contributed by atoms with E-state index in [1.165, 1.54) is 6.26 Å². The van der Waals surface area contributed by atoms with Gasteiger partial charge < -0.3 is 19.8 Å². The van der Waals surface area contributed by atoms with Crippen LogP contribution in [0.2, 0.25) is 0 Å². The lowest BCUT2D eigenvalue weighted by molar-refractivity contribution is -0.131. The molecule has 2 saturated heterocycles. The third kappa shape index (κ3) is 4.58. The molecule has 0 aliphatic carbocycles. The molecule has 1 aromatic heterocycles. The van der Waals surface area contributed by atoms with Gasteiger partial charge in [-0.1, -0.05) is 0 Å². The third-order valence-corrected chi connectivity index (χ3v) is 4.24. The number of imide groups is 1. The minimum absolute atomic E-state index is 0.0623. The topological polar surface area (TPSA) is 104 Å². The van der Waals surface area contributed by atoms with Crippen molar-refractivity contribution in [3.8, 4) is 0 Å². The summed E-state index contributed by atoms with van der Waals surface area (Å²) in [6, 6.07) is 2.04. The van der Waals surface area contributed by atoms with Gasteiger partial charge in [-0.2, -0.15) is 0 Å². The molecule has 2 fully saturated rings. The van der Waals surface area contributed by atoms with E-state index in [1.54, 1.807) is 12.1 Å². The van der Waals surface area contributed by atoms with E-state index in [9.17, 15) is 14.4 Å². The van der Waals surface area contributed by atoms with E-state index < -0.39 is 18.0 Å². The van der Waals surface area contributed by atoms with Crippen LogP contribution in [0.25, 0.3) is 0 Å². The smallest absolute Gasteiger partial charge is 0.325 e. The second-order valence-corrected chi connectivity index (χ2v) is 6.01. The fourth-order valence-corrected chi connectivity index (χ4v) is 2.86. The van der Waals surface area contributed by atoms with Crippen LogP contribution in [0.1, 0.15) is 12.2 Å². The van der Waals surface area contributed by atoms with Crippen LogP contribution in [-0.4, -0.2) is 73.1 Å². The molecule has 1 atom stereocenters. The molecule has 0 spiro atoms. The van der Waals surface area contributed by atoms with E-state index in [2.05, 4.69) is 15.5 Å². The first kappa shape index (κ1) is 17.4. The molecule has 3 rings (SSSR count). The Kier molecular flexibility index (Phi) is 5.67. The summed E-state index contributed by atoms with van der Waals surface area (Å²) in [5.41, 5.74) is 0. The second kappa shape index (κ2) is 8.13. The number of morpholine rings is 1. The van der Waals surface area contributed by atoms with Crippen molar-refractivity contribution in [2.45, 2.75) is 19.0 Å². The Bertz CT molecular complexity index is 612. The van der Waals surface area contributed by atoms with Crippen molar-refractivity contribution in [3.63, 3.8) is 0 Å². The van der Waals surface area contributed by atoms with Gasteiger partial charge >= 0.3 is 6.03 Å². The summed E-state index contributed by atoms with van der Waals surface area (Å²) in [4.78, 5) is 39.5. The van der Waals surface area contributed by atoms with Crippen LogP contribution >= 0.6 is 0 Å². The van der Waals surface area contributed by atoms with Gasteiger partial charge in [0.15, 0.2) is 0 Å². The standard InChI is InChI=1S/C16H22N4O5/c21-14(17-3-4-19-5-8-24-9-6-19)10-13-15(22)20(16(23)18-13)11-12-2-1-7-25-12/h1-2,7,13H,3-6,8-11H2,(H,17,21)(H,18,23)/t13-/m0/s1. The van der Waals surface area contributed by atoms with Crippen LogP contribution in [0.5, 0.6) is 0 Å². The van der Waals surface area contributed by atoms with Crippen LogP contribution in [0, 0.1) is 0 Å².